The lowest BCUT2D eigenvalue weighted by atomic mass is 10.00. The smallest absolute Gasteiger partial charge is 0.194 e. The summed E-state index contributed by atoms with van der Waals surface area (Å²) in [5, 5.41) is 11.5. The first kappa shape index (κ1) is 18.2. The van der Waals surface area contributed by atoms with E-state index in [-0.39, 0.29) is 24.0 Å². The average Bonchev–Trinajstić information content (AvgIpc) is 2.92. The van der Waals surface area contributed by atoms with Gasteiger partial charge in [0.1, 0.15) is 12.9 Å². The molecular weight excluding hydrogens is 379 g/mol. The first-order valence-electron chi connectivity index (χ1n) is 7.64. The molecule has 0 unspecified atom stereocenters. The normalized spacial score (nSPS) is 16.7. The van der Waals surface area contributed by atoms with Gasteiger partial charge < -0.3 is 14.8 Å². The molecule has 1 fully saturated rings. The molecule has 1 aliphatic heterocycles. The molecule has 0 bridgehead atoms. The number of nitrogens with one attached hydrogen (secondary N) is 1. The average molecular weight is 406 g/mol. The molecule has 0 saturated carbocycles. The number of hydrogen-bond donors (Lipinski definition) is 1. The first-order valence-corrected chi connectivity index (χ1v) is 7.64. The number of hydrogen-bond acceptors (Lipinski definition) is 3. The van der Waals surface area contributed by atoms with Crippen molar-refractivity contribution in [2.45, 2.75) is 46.7 Å². The van der Waals surface area contributed by atoms with Crippen LogP contribution in [0.15, 0.2) is 11.3 Å². The summed E-state index contributed by atoms with van der Waals surface area (Å²) in [6.07, 6.45) is 4.26. The minimum atomic E-state index is 0. The molecule has 1 aliphatic rings. The zero-order valence-electron chi connectivity index (χ0n) is 13.2. The fourth-order valence-electron chi connectivity index (χ4n) is 2.46. The second-order valence-electron chi connectivity index (χ2n) is 5.37. The van der Waals surface area contributed by atoms with Gasteiger partial charge >= 0.3 is 0 Å². The minimum Gasteiger partial charge on any atom is -0.357 e. The first-order chi connectivity index (χ1) is 9.74. The van der Waals surface area contributed by atoms with Crippen molar-refractivity contribution in [3.63, 3.8) is 0 Å². The molecule has 2 heterocycles. The topological polar surface area (TPSA) is 58.3 Å². The zero-order chi connectivity index (χ0) is 14.4. The van der Waals surface area contributed by atoms with Gasteiger partial charge in [0.15, 0.2) is 11.8 Å². The molecule has 0 spiro atoms. The number of aryl methyl sites for hydroxylation is 1. The van der Waals surface area contributed by atoms with Gasteiger partial charge in [0.2, 0.25) is 0 Å². The molecule has 6 nitrogen and oxygen atoms in total. The van der Waals surface area contributed by atoms with Gasteiger partial charge in [0, 0.05) is 26.2 Å². The lowest BCUT2D eigenvalue weighted by Gasteiger charge is -2.32. The number of likely N-dealkylation sites (tertiary alicyclic amines) is 1. The van der Waals surface area contributed by atoms with E-state index in [1.54, 1.807) is 6.33 Å². The number of rotatable bonds is 4. The highest BCUT2D eigenvalue weighted by atomic mass is 127. The summed E-state index contributed by atoms with van der Waals surface area (Å²) >= 11 is 0. The monoisotopic (exact) mass is 406 g/mol. The van der Waals surface area contributed by atoms with E-state index >= 15 is 0 Å². The van der Waals surface area contributed by atoms with Gasteiger partial charge in [-0.3, -0.25) is 0 Å². The van der Waals surface area contributed by atoms with E-state index in [0.29, 0.717) is 6.54 Å². The van der Waals surface area contributed by atoms with Crippen LogP contribution in [0, 0.1) is 5.92 Å². The van der Waals surface area contributed by atoms with Crippen LogP contribution >= 0.6 is 24.0 Å². The van der Waals surface area contributed by atoms with Crippen LogP contribution in [0.2, 0.25) is 0 Å². The van der Waals surface area contributed by atoms with Crippen LogP contribution in [0.3, 0.4) is 0 Å². The van der Waals surface area contributed by atoms with Crippen LogP contribution in [0.1, 0.15) is 39.4 Å². The fraction of sp³-hybridized carbons (Fsp3) is 0.786. The van der Waals surface area contributed by atoms with Crippen LogP contribution in [0.5, 0.6) is 0 Å². The molecule has 1 saturated heterocycles. The Balaban J connectivity index is 0.00000220. The Kier molecular flexibility index (Phi) is 7.98. The summed E-state index contributed by atoms with van der Waals surface area (Å²) in [6.45, 7) is 11.1. The summed E-state index contributed by atoms with van der Waals surface area (Å²) < 4.78 is 2.03. The van der Waals surface area contributed by atoms with E-state index in [2.05, 4.69) is 41.2 Å². The molecule has 2 rings (SSSR count). The Bertz CT molecular complexity index is 436. The maximum Gasteiger partial charge on any atom is 0.194 e. The van der Waals surface area contributed by atoms with E-state index in [9.17, 15) is 0 Å². The van der Waals surface area contributed by atoms with Gasteiger partial charge in [-0.1, -0.05) is 6.92 Å². The van der Waals surface area contributed by atoms with Crippen molar-refractivity contribution in [2.75, 3.05) is 19.6 Å². The SMILES string of the molecule is CCNC(=NCc1nncn1CC)N1CCC(C)CC1.I. The summed E-state index contributed by atoms with van der Waals surface area (Å²) in [5.74, 6) is 2.76. The van der Waals surface area contributed by atoms with Gasteiger partial charge in [0.25, 0.3) is 0 Å². The van der Waals surface area contributed by atoms with Crippen LogP contribution in [-0.4, -0.2) is 45.3 Å². The molecule has 0 aliphatic carbocycles. The third kappa shape index (κ3) is 5.12. The summed E-state index contributed by atoms with van der Waals surface area (Å²) in [7, 11) is 0. The Hall–Kier alpha value is -0.860. The highest BCUT2D eigenvalue weighted by Crippen LogP contribution is 2.16. The summed E-state index contributed by atoms with van der Waals surface area (Å²) in [5.41, 5.74) is 0. The number of piperidine rings is 1. The highest BCUT2D eigenvalue weighted by Gasteiger charge is 2.18. The van der Waals surface area contributed by atoms with Gasteiger partial charge in [-0.2, -0.15) is 0 Å². The summed E-state index contributed by atoms with van der Waals surface area (Å²) in [6, 6.07) is 0. The largest absolute Gasteiger partial charge is 0.357 e. The Morgan fingerprint density at radius 1 is 1.38 bits per heavy atom. The maximum atomic E-state index is 4.72. The van der Waals surface area contributed by atoms with E-state index < -0.39 is 0 Å². The van der Waals surface area contributed by atoms with Gasteiger partial charge in [-0.05, 0) is 32.6 Å². The number of guanidine groups is 1. The molecule has 0 radical (unpaired) electrons. The third-order valence-electron chi connectivity index (χ3n) is 3.82. The molecule has 1 N–H and O–H groups in total. The molecule has 0 aromatic carbocycles. The van der Waals surface area contributed by atoms with Crippen molar-refractivity contribution in [3.05, 3.63) is 12.2 Å². The van der Waals surface area contributed by atoms with Gasteiger partial charge in [-0.15, -0.1) is 34.2 Å². The minimum absolute atomic E-state index is 0. The lowest BCUT2D eigenvalue weighted by Crippen LogP contribution is -2.45. The number of halogens is 1. The number of aliphatic imine (C=N–C) groups is 1. The molecule has 7 heteroatoms. The third-order valence-corrected chi connectivity index (χ3v) is 3.82. The van der Waals surface area contributed by atoms with Crippen LogP contribution in [-0.2, 0) is 13.1 Å². The standard InChI is InChI=1S/C14H26N6.HI/c1-4-15-14(20-8-6-12(3)7-9-20)16-10-13-18-17-11-19(13)5-2;/h11-12H,4-10H2,1-3H3,(H,15,16);1H. The fourth-order valence-corrected chi connectivity index (χ4v) is 2.46. The molecule has 1 aromatic rings. The van der Waals surface area contributed by atoms with Crippen molar-refractivity contribution in [1.29, 1.82) is 0 Å². The van der Waals surface area contributed by atoms with E-state index in [4.69, 9.17) is 4.99 Å². The van der Waals surface area contributed by atoms with Crippen molar-refractivity contribution in [1.82, 2.24) is 25.0 Å². The van der Waals surface area contributed by atoms with Gasteiger partial charge in [0.05, 0.1) is 0 Å². The predicted molar refractivity (Wildman–Crippen MR) is 95.9 cm³/mol. The van der Waals surface area contributed by atoms with Crippen molar-refractivity contribution >= 4 is 29.9 Å². The van der Waals surface area contributed by atoms with Crippen molar-refractivity contribution in [2.24, 2.45) is 10.9 Å². The lowest BCUT2D eigenvalue weighted by molar-refractivity contribution is 0.273. The molecule has 1 aromatic heterocycles. The molecule has 0 amide bonds. The van der Waals surface area contributed by atoms with Crippen LogP contribution in [0.25, 0.3) is 0 Å². The molecule has 120 valence electrons. The Labute approximate surface area is 144 Å². The molecule has 0 atom stereocenters. The summed E-state index contributed by atoms with van der Waals surface area (Å²) in [4.78, 5) is 7.08. The number of aromatic nitrogens is 3. The number of nitrogens with zero attached hydrogens (tertiary/aromatic N) is 5. The quantitative estimate of drug-likeness (QED) is 0.473. The van der Waals surface area contributed by atoms with Crippen LogP contribution < -0.4 is 5.32 Å². The Morgan fingerprint density at radius 2 is 2.10 bits per heavy atom. The second kappa shape index (κ2) is 9.22. The van der Waals surface area contributed by atoms with Crippen molar-refractivity contribution in [3.8, 4) is 0 Å². The van der Waals surface area contributed by atoms with E-state index in [1.165, 1.54) is 12.8 Å². The molecule has 21 heavy (non-hydrogen) atoms. The predicted octanol–water partition coefficient (Wildman–Crippen LogP) is 2.11. The Morgan fingerprint density at radius 3 is 2.71 bits per heavy atom. The van der Waals surface area contributed by atoms with E-state index in [0.717, 1.165) is 43.9 Å². The second-order valence-corrected chi connectivity index (χ2v) is 5.37. The van der Waals surface area contributed by atoms with E-state index in [1.807, 2.05) is 4.57 Å². The maximum absolute atomic E-state index is 4.72. The molecular formula is C14H27IN6. The zero-order valence-corrected chi connectivity index (χ0v) is 15.6. The highest BCUT2D eigenvalue weighted by molar-refractivity contribution is 14.0. The van der Waals surface area contributed by atoms with Crippen LogP contribution in [0.4, 0.5) is 0 Å². The van der Waals surface area contributed by atoms with Gasteiger partial charge in [-0.25, -0.2) is 4.99 Å². The van der Waals surface area contributed by atoms with Crippen molar-refractivity contribution < 1.29 is 0 Å².